The molecule has 1 fully saturated rings. The van der Waals surface area contributed by atoms with Crippen LogP contribution in [0.3, 0.4) is 0 Å². The zero-order chi connectivity index (χ0) is 11.8. The number of nitrogens with zero attached hydrogens (tertiary/aromatic N) is 4. The zero-order valence-electron chi connectivity index (χ0n) is 9.95. The highest BCUT2D eigenvalue weighted by Gasteiger charge is 2.36. The lowest BCUT2D eigenvalue weighted by Crippen LogP contribution is -2.06. The van der Waals surface area contributed by atoms with Gasteiger partial charge in [0, 0.05) is 24.3 Å². The summed E-state index contributed by atoms with van der Waals surface area (Å²) in [7, 11) is 0. The van der Waals surface area contributed by atoms with Gasteiger partial charge in [-0.05, 0) is 12.8 Å². The Bertz CT molecular complexity index is 512. The molecular formula is C12H17N5. The summed E-state index contributed by atoms with van der Waals surface area (Å²) in [5.41, 5.74) is 8.12. The van der Waals surface area contributed by atoms with Crippen LogP contribution < -0.4 is 5.73 Å². The molecule has 1 saturated carbocycles. The number of rotatable bonds is 4. The van der Waals surface area contributed by atoms with Crippen LogP contribution in [0.4, 0.5) is 0 Å². The van der Waals surface area contributed by atoms with E-state index >= 15 is 0 Å². The van der Waals surface area contributed by atoms with Crippen molar-refractivity contribution in [3.05, 3.63) is 24.9 Å². The smallest absolute Gasteiger partial charge is 0.0954 e. The first-order valence-electron chi connectivity index (χ1n) is 6.10. The lowest BCUT2D eigenvalue weighted by molar-refractivity contribution is 0.603. The monoisotopic (exact) mass is 231 g/mol. The van der Waals surface area contributed by atoms with E-state index in [0.717, 1.165) is 30.6 Å². The van der Waals surface area contributed by atoms with E-state index in [1.54, 1.807) is 0 Å². The molecule has 2 N–H and O–H groups in total. The molecule has 2 aromatic rings. The van der Waals surface area contributed by atoms with Gasteiger partial charge in [0.05, 0.1) is 30.5 Å². The fourth-order valence-corrected chi connectivity index (χ4v) is 2.16. The highest BCUT2D eigenvalue weighted by Crippen LogP contribution is 2.37. The highest BCUT2D eigenvalue weighted by molar-refractivity contribution is 5.57. The van der Waals surface area contributed by atoms with Crippen molar-refractivity contribution in [3.8, 4) is 11.3 Å². The Morgan fingerprint density at radius 3 is 3.00 bits per heavy atom. The maximum atomic E-state index is 5.89. The van der Waals surface area contributed by atoms with E-state index < -0.39 is 0 Å². The molecular weight excluding hydrogens is 214 g/mol. The van der Waals surface area contributed by atoms with Crippen molar-refractivity contribution >= 4 is 0 Å². The SMILES string of the molecule is CCCn1cc(-c2cncn2C2CC2N)cn1. The molecule has 0 amide bonds. The molecule has 5 heteroatoms. The summed E-state index contributed by atoms with van der Waals surface area (Å²) in [5.74, 6) is 0. The van der Waals surface area contributed by atoms with E-state index in [4.69, 9.17) is 5.73 Å². The van der Waals surface area contributed by atoms with Crippen LogP contribution >= 0.6 is 0 Å². The molecule has 17 heavy (non-hydrogen) atoms. The molecule has 2 atom stereocenters. The minimum atomic E-state index is 0.286. The van der Waals surface area contributed by atoms with E-state index in [-0.39, 0.29) is 6.04 Å². The van der Waals surface area contributed by atoms with Crippen LogP contribution in [0.15, 0.2) is 24.9 Å². The summed E-state index contributed by atoms with van der Waals surface area (Å²) in [6.45, 7) is 3.10. The Hall–Kier alpha value is -1.62. The number of aryl methyl sites for hydroxylation is 1. The van der Waals surface area contributed by atoms with Crippen LogP contribution in [-0.4, -0.2) is 25.4 Å². The lowest BCUT2D eigenvalue weighted by Gasteiger charge is -2.04. The standard InChI is InChI=1S/C12H17N5/c1-2-3-16-7-9(5-15-16)12-6-14-8-17(12)11-4-10(11)13/h5-8,10-11H,2-4,13H2,1H3. The van der Waals surface area contributed by atoms with Crippen LogP contribution in [0.25, 0.3) is 11.3 Å². The van der Waals surface area contributed by atoms with Crippen molar-refractivity contribution in [3.63, 3.8) is 0 Å². The predicted octanol–water partition coefficient (Wildman–Crippen LogP) is 1.43. The zero-order valence-corrected chi connectivity index (χ0v) is 9.95. The molecule has 0 saturated heterocycles. The molecule has 0 radical (unpaired) electrons. The second kappa shape index (κ2) is 4.00. The number of hydrogen-bond acceptors (Lipinski definition) is 3. The Kier molecular flexibility index (Phi) is 2.48. The Morgan fingerprint density at radius 2 is 2.29 bits per heavy atom. The summed E-state index contributed by atoms with van der Waals surface area (Å²) >= 11 is 0. The first-order valence-corrected chi connectivity index (χ1v) is 6.10. The maximum absolute atomic E-state index is 5.89. The van der Waals surface area contributed by atoms with Crippen molar-refractivity contribution in [2.45, 2.75) is 38.4 Å². The van der Waals surface area contributed by atoms with Crippen molar-refractivity contribution in [2.24, 2.45) is 5.73 Å². The Morgan fingerprint density at radius 1 is 1.47 bits per heavy atom. The van der Waals surface area contributed by atoms with Gasteiger partial charge in [0.15, 0.2) is 0 Å². The molecule has 2 unspecified atom stereocenters. The largest absolute Gasteiger partial charge is 0.326 e. The van der Waals surface area contributed by atoms with Gasteiger partial charge in [0.25, 0.3) is 0 Å². The average molecular weight is 231 g/mol. The third kappa shape index (κ3) is 1.86. The summed E-state index contributed by atoms with van der Waals surface area (Å²) in [4.78, 5) is 4.22. The summed E-state index contributed by atoms with van der Waals surface area (Å²) in [5, 5.41) is 4.35. The van der Waals surface area contributed by atoms with Gasteiger partial charge in [-0.1, -0.05) is 6.92 Å². The van der Waals surface area contributed by atoms with Gasteiger partial charge in [0.1, 0.15) is 0 Å². The Balaban J connectivity index is 1.89. The number of imidazole rings is 1. The van der Waals surface area contributed by atoms with Gasteiger partial charge in [0.2, 0.25) is 0 Å². The topological polar surface area (TPSA) is 61.7 Å². The Labute approximate surface area is 100 Å². The summed E-state index contributed by atoms with van der Waals surface area (Å²) in [6.07, 6.45) is 9.87. The van der Waals surface area contributed by atoms with Gasteiger partial charge in [-0.25, -0.2) is 4.98 Å². The summed E-state index contributed by atoms with van der Waals surface area (Å²) in [6, 6.07) is 0.704. The third-order valence-corrected chi connectivity index (χ3v) is 3.21. The van der Waals surface area contributed by atoms with E-state index in [1.165, 1.54) is 0 Å². The molecule has 0 spiro atoms. The second-order valence-corrected chi connectivity index (χ2v) is 4.65. The molecule has 0 aliphatic heterocycles. The predicted molar refractivity (Wildman–Crippen MR) is 65.4 cm³/mol. The van der Waals surface area contributed by atoms with Crippen molar-refractivity contribution in [1.82, 2.24) is 19.3 Å². The third-order valence-electron chi connectivity index (χ3n) is 3.21. The molecule has 90 valence electrons. The average Bonchev–Trinajstić information content (AvgIpc) is 2.77. The maximum Gasteiger partial charge on any atom is 0.0954 e. The molecule has 0 bridgehead atoms. The first kappa shape index (κ1) is 10.5. The minimum Gasteiger partial charge on any atom is -0.326 e. The van der Waals surface area contributed by atoms with E-state index in [1.807, 2.05) is 23.4 Å². The van der Waals surface area contributed by atoms with E-state index in [2.05, 4.69) is 27.8 Å². The van der Waals surface area contributed by atoms with Crippen LogP contribution in [-0.2, 0) is 6.54 Å². The summed E-state index contributed by atoms with van der Waals surface area (Å²) < 4.78 is 4.14. The van der Waals surface area contributed by atoms with E-state index in [0.29, 0.717) is 6.04 Å². The normalized spacial score (nSPS) is 22.9. The molecule has 2 heterocycles. The second-order valence-electron chi connectivity index (χ2n) is 4.65. The van der Waals surface area contributed by atoms with Gasteiger partial charge >= 0.3 is 0 Å². The molecule has 5 nitrogen and oxygen atoms in total. The van der Waals surface area contributed by atoms with Crippen molar-refractivity contribution in [2.75, 3.05) is 0 Å². The molecule has 2 aromatic heterocycles. The van der Waals surface area contributed by atoms with Crippen molar-refractivity contribution in [1.29, 1.82) is 0 Å². The van der Waals surface area contributed by atoms with Crippen LogP contribution in [0.2, 0.25) is 0 Å². The highest BCUT2D eigenvalue weighted by atomic mass is 15.3. The van der Waals surface area contributed by atoms with Crippen molar-refractivity contribution < 1.29 is 0 Å². The molecule has 0 aromatic carbocycles. The minimum absolute atomic E-state index is 0.286. The quantitative estimate of drug-likeness (QED) is 0.865. The molecule has 3 rings (SSSR count). The van der Waals surface area contributed by atoms with Gasteiger partial charge in [-0.3, -0.25) is 4.68 Å². The van der Waals surface area contributed by atoms with Gasteiger partial charge < -0.3 is 10.3 Å². The fourth-order valence-electron chi connectivity index (χ4n) is 2.16. The molecule has 1 aliphatic carbocycles. The lowest BCUT2D eigenvalue weighted by atomic mass is 10.2. The number of aromatic nitrogens is 4. The van der Waals surface area contributed by atoms with Crippen LogP contribution in [0, 0.1) is 0 Å². The van der Waals surface area contributed by atoms with Gasteiger partial charge in [-0.2, -0.15) is 5.10 Å². The number of nitrogens with two attached hydrogens (primary N) is 1. The molecule has 1 aliphatic rings. The first-order chi connectivity index (χ1) is 8.29. The van der Waals surface area contributed by atoms with Gasteiger partial charge in [-0.15, -0.1) is 0 Å². The van der Waals surface area contributed by atoms with Crippen LogP contribution in [0.1, 0.15) is 25.8 Å². The number of hydrogen-bond donors (Lipinski definition) is 1. The fraction of sp³-hybridized carbons (Fsp3) is 0.500. The van der Waals surface area contributed by atoms with E-state index in [9.17, 15) is 0 Å². The van der Waals surface area contributed by atoms with Crippen LogP contribution in [0.5, 0.6) is 0 Å².